The van der Waals surface area contributed by atoms with Gasteiger partial charge in [0, 0.05) is 26.0 Å². The van der Waals surface area contributed by atoms with Crippen LogP contribution in [0.4, 0.5) is 37.8 Å². The predicted octanol–water partition coefficient (Wildman–Crippen LogP) is 2.72. The van der Waals surface area contributed by atoms with Crippen LogP contribution in [0.2, 0.25) is 0 Å². The fourth-order valence-corrected chi connectivity index (χ4v) is 2.86. The molecule has 3 rings (SSSR count). The largest absolute Gasteiger partial charge is 0.391 e. The lowest BCUT2D eigenvalue weighted by molar-refractivity contribution is -0.148. The number of hydrogen-bond donors (Lipinski definition) is 0. The first-order valence-electron chi connectivity index (χ1n) is 7.99. The maximum absolute atomic E-state index is 13.0. The molecule has 2 aromatic rings. The fourth-order valence-electron chi connectivity index (χ4n) is 2.86. The minimum atomic E-state index is -4.75. The number of anilines is 2. The van der Waals surface area contributed by atoms with Crippen molar-refractivity contribution in [2.75, 3.05) is 23.4 Å². The number of rotatable bonds is 4. The van der Waals surface area contributed by atoms with Crippen molar-refractivity contribution in [3.8, 4) is 5.95 Å². The highest BCUT2D eigenvalue weighted by Gasteiger charge is 2.45. The van der Waals surface area contributed by atoms with Crippen LogP contribution >= 0.6 is 0 Å². The van der Waals surface area contributed by atoms with Crippen LogP contribution in [-0.4, -0.2) is 57.4 Å². The summed E-state index contributed by atoms with van der Waals surface area (Å²) >= 11 is 0. The van der Waals surface area contributed by atoms with Crippen LogP contribution < -0.4 is 9.80 Å². The van der Waals surface area contributed by atoms with Gasteiger partial charge in [0.2, 0.25) is 11.9 Å². The Morgan fingerprint density at radius 1 is 1.14 bits per heavy atom. The van der Waals surface area contributed by atoms with Gasteiger partial charge in [-0.25, -0.2) is 9.97 Å². The second-order valence-electron chi connectivity index (χ2n) is 6.14. The lowest BCUT2D eigenvalue weighted by atomic mass is 10.1. The number of fused-ring (bicyclic) bond motifs is 1. The van der Waals surface area contributed by atoms with Crippen LogP contribution in [0, 0.1) is 0 Å². The minimum absolute atomic E-state index is 0.00164. The molecule has 1 unspecified atom stereocenters. The molecule has 1 amide bonds. The third-order valence-corrected chi connectivity index (χ3v) is 4.16. The molecule has 0 saturated carbocycles. The van der Waals surface area contributed by atoms with Crippen molar-refractivity contribution in [2.24, 2.45) is 0 Å². The first-order chi connectivity index (χ1) is 13.0. The molecule has 0 aliphatic carbocycles. The molecule has 0 fully saturated rings. The molecule has 0 aromatic carbocycles. The molecule has 28 heavy (non-hydrogen) atoms. The molecule has 0 bridgehead atoms. The van der Waals surface area contributed by atoms with Gasteiger partial charge in [-0.1, -0.05) is 0 Å². The number of nitrogens with zero attached hydrogens (tertiary/aromatic N) is 6. The van der Waals surface area contributed by atoms with E-state index in [1.807, 2.05) is 0 Å². The molecular weight excluding hydrogens is 394 g/mol. The summed E-state index contributed by atoms with van der Waals surface area (Å²) in [4.78, 5) is 26.0. The van der Waals surface area contributed by atoms with E-state index < -0.39 is 43.7 Å². The highest BCUT2D eigenvalue weighted by molar-refractivity contribution is 6.04. The summed E-state index contributed by atoms with van der Waals surface area (Å²) in [7, 11) is 1.23. The van der Waals surface area contributed by atoms with E-state index in [1.165, 1.54) is 36.5 Å². The standard InChI is InChI=1S/C15H14F6N6O/c1-25-10-7-23-13(26-5-3-22-8-26)24-11(10)27(4-2-14(16,17)18)9(12(25)28)6-15(19,20)21/h3,5,7-9H,2,4,6H2,1H3. The summed E-state index contributed by atoms with van der Waals surface area (Å²) in [5.74, 6) is -1.16. The monoisotopic (exact) mass is 408 g/mol. The highest BCUT2D eigenvalue weighted by atomic mass is 19.4. The number of amides is 1. The Morgan fingerprint density at radius 2 is 1.86 bits per heavy atom. The molecule has 1 aliphatic rings. The van der Waals surface area contributed by atoms with Crippen molar-refractivity contribution in [3.05, 3.63) is 24.9 Å². The van der Waals surface area contributed by atoms with E-state index in [1.54, 1.807) is 0 Å². The summed E-state index contributed by atoms with van der Waals surface area (Å²) in [6.45, 7) is -0.850. The molecular formula is C15H14F6N6O. The third-order valence-electron chi connectivity index (χ3n) is 4.16. The van der Waals surface area contributed by atoms with Crippen molar-refractivity contribution in [2.45, 2.75) is 31.2 Å². The Kier molecular flexibility index (Phi) is 4.93. The van der Waals surface area contributed by atoms with E-state index in [0.29, 0.717) is 0 Å². The molecule has 7 nitrogen and oxygen atoms in total. The summed E-state index contributed by atoms with van der Waals surface area (Å²) in [6, 6.07) is -1.86. The van der Waals surface area contributed by atoms with E-state index in [0.717, 1.165) is 9.80 Å². The predicted molar refractivity (Wildman–Crippen MR) is 85.0 cm³/mol. The summed E-state index contributed by atoms with van der Waals surface area (Å²) in [6.07, 6.45) is -6.99. The molecule has 152 valence electrons. The number of halogens is 6. The van der Waals surface area contributed by atoms with E-state index in [4.69, 9.17) is 0 Å². The molecule has 1 atom stereocenters. The highest BCUT2D eigenvalue weighted by Crippen LogP contribution is 2.38. The van der Waals surface area contributed by atoms with Gasteiger partial charge in [0.05, 0.1) is 19.0 Å². The quantitative estimate of drug-likeness (QED) is 0.728. The first-order valence-corrected chi connectivity index (χ1v) is 7.99. The van der Waals surface area contributed by atoms with Gasteiger partial charge in [-0.05, 0) is 0 Å². The van der Waals surface area contributed by atoms with Crippen molar-refractivity contribution in [1.29, 1.82) is 0 Å². The SMILES string of the molecule is CN1C(=O)C(CC(F)(F)F)N(CCC(F)(F)F)c2nc(-n3ccnc3)ncc21. The Hall–Kier alpha value is -2.86. The zero-order valence-corrected chi connectivity index (χ0v) is 14.4. The Morgan fingerprint density at radius 3 is 2.43 bits per heavy atom. The van der Waals surface area contributed by atoms with E-state index in [2.05, 4.69) is 15.0 Å². The first kappa shape index (κ1) is 19.9. The molecule has 0 saturated heterocycles. The number of imidazole rings is 1. The van der Waals surface area contributed by atoms with Gasteiger partial charge in [-0.3, -0.25) is 9.36 Å². The van der Waals surface area contributed by atoms with Crippen LogP contribution in [-0.2, 0) is 4.79 Å². The van der Waals surface area contributed by atoms with Gasteiger partial charge < -0.3 is 9.80 Å². The van der Waals surface area contributed by atoms with Gasteiger partial charge in [0.25, 0.3) is 0 Å². The maximum atomic E-state index is 13.0. The van der Waals surface area contributed by atoms with E-state index in [9.17, 15) is 31.1 Å². The second kappa shape index (κ2) is 6.95. The number of carbonyl (C=O) groups is 1. The smallest absolute Gasteiger partial charge is 0.342 e. The average molecular weight is 408 g/mol. The third kappa shape index (κ3) is 4.17. The Bertz CT molecular complexity index is 850. The number of hydrogen-bond acceptors (Lipinski definition) is 5. The van der Waals surface area contributed by atoms with Crippen LogP contribution in [0.15, 0.2) is 24.9 Å². The molecule has 0 radical (unpaired) electrons. The van der Waals surface area contributed by atoms with Gasteiger partial charge in [-0.15, -0.1) is 0 Å². The maximum Gasteiger partial charge on any atom is 0.391 e. The Labute approximate surface area is 154 Å². The van der Waals surface area contributed by atoms with Gasteiger partial charge in [0.1, 0.15) is 18.1 Å². The van der Waals surface area contributed by atoms with Gasteiger partial charge >= 0.3 is 12.4 Å². The molecule has 0 spiro atoms. The molecule has 1 aliphatic heterocycles. The van der Waals surface area contributed by atoms with Crippen LogP contribution in [0.5, 0.6) is 0 Å². The van der Waals surface area contributed by atoms with Gasteiger partial charge in [-0.2, -0.15) is 31.3 Å². The van der Waals surface area contributed by atoms with E-state index >= 15 is 0 Å². The normalized spacial score (nSPS) is 17.8. The minimum Gasteiger partial charge on any atom is -0.342 e. The zero-order chi connectivity index (χ0) is 20.7. The lowest BCUT2D eigenvalue weighted by Crippen LogP contribution is -2.55. The lowest BCUT2D eigenvalue weighted by Gasteiger charge is -2.40. The van der Waals surface area contributed by atoms with Crippen LogP contribution in [0.1, 0.15) is 12.8 Å². The van der Waals surface area contributed by atoms with Crippen molar-refractivity contribution in [3.63, 3.8) is 0 Å². The molecule has 13 heteroatoms. The average Bonchev–Trinajstić information content (AvgIpc) is 3.11. The topological polar surface area (TPSA) is 67.2 Å². The van der Waals surface area contributed by atoms with E-state index in [-0.39, 0.29) is 17.5 Å². The van der Waals surface area contributed by atoms with Gasteiger partial charge in [0.15, 0.2) is 5.82 Å². The van der Waals surface area contributed by atoms with Crippen molar-refractivity contribution < 1.29 is 31.1 Å². The number of likely N-dealkylation sites (N-methyl/N-ethyl adjacent to an activating group) is 1. The molecule has 0 N–H and O–H groups in total. The Balaban J connectivity index is 2.07. The zero-order valence-electron chi connectivity index (χ0n) is 14.4. The van der Waals surface area contributed by atoms with Crippen LogP contribution in [0.25, 0.3) is 5.95 Å². The number of carbonyl (C=O) groups excluding carboxylic acids is 1. The van der Waals surface area contributed by atoms with Crippen LogP contribution in [0.3, 0.4) is 0 Å². The number of aromatic nitrogens is 4. The second-order valence-corrected chi connectivity index (χ2v) is 6.14. The summed E-state index contributed by atoms with van der Waals surface area (Å²) in [5.41, 5.74) is 0.0227. The number of alkyl halides is 6. The fraction of sp³-hybridized carbons (Fsp3) is 0.467. The van der Waals surface area contributed by atoms with Crippen molar-refractivity contribution >= 4 is 17.4 Å². The van der Waals surface area contributed by atoms with Crippen molar-refractivity contribution in [1.82, 2.24) is 19.5 Å². The molecule has 2 aromatic heterocycles. The summed E-state index contributed by atoms with van der Waals surface area (Å²) < 4.78 is 78.6. The molecule has 3 heterocycles. The summed E-state index contributed by atoms with van der Waals surface area (Å²) in [5, 5.41) is 0.